The molecule has 0 saturated heterocycles. The highest BCUT2D eigenvalue weighted by Crippen LogP contribution is 2.32. The van der Waals surface area contributed by atoms with E-state index in [1.165, 1.54) is 0 Å². The fourth-order valence-electron chi connectivity index (χ4n) is 2.21. The molecule has 0 aliphatic carbocycles. The molecule has 0 atom stereocenters. The third-order valence-electron chi connectivity index (χ3n) is 3.19. The minimum atomic E-state index is -1.43. The summed E-state index contributed by atoms with van der Waals surface area (Å²) in [6.45, 7) is 6.76. The lowest BCUT2D eigenvalue weighted by Gasteiger charge is -2.03. The third-order valence-corrected chi connectivity index (χ3v) is 4.07. The van der Waals surface area contributed by atoms with Gasteiger partial charge >= 0.3 is 0 Å². The van der Waals surface area contributed by atoms with E-state index in [-0.39, 0.29) is 0 Å². The summed E-state index contributed by atoms with van der Waals surface area (Å²) < 4.78 is 6.06. The van der Waals surface area contributed by atoms with Crippen molar-refractivity contribution in [2.24, 2.45) is 0 Å². The van der Waals surface area contributed by atoms with Gasteiger partial charge in [0.2, 0.25) is 0 Å². The smallest absolute Gasteiger partial charge is 0.151 e. The molecule has 0 spiro atoms. The van der Waals surface area contributed by atoms with E-state index in [9.17, 15) is 0 Å². The van der Waals surface area contributed by atoms with Gasteiger partial charge in [0.05, 0.1) is 5.56 Å². The lowest BCUT2D eigenvalue weighted by molar-refractivity contribution is 0.630. The zero-order chi connectivity index (χ0) is 14.9. The molecule has 0 N–H and O–H groups in total. The van der Waals surface area contributed by atoms with Crippen molar-refractivity contribution in [2.45, 2.75) is 19.6 Å². The second kappa shape index (κ2) is 5.27. The minimum absolute atomic E-state index is 0.877. The van der Waals surface area contributed by atoms with Crippen molar-refractivity contribution < 1.29 is 4.42 Å². The summed E-state index contributed by atoms with van der Waals surface area (Å²) in [6, 6.07) is 18.3. The van der Waals surface area contributed by atoms with Gasteiger partial charge in [-0.25, -0.2) is 0 Å². The Morgan fingerprint density at radius 3 is 2.24 bits per heavy atom. The zero-order valence-corrected chi connectivity index (χ0v) is 13.6. The van der Waals surface area contributed by atoms with E-state index in [1.54, 1.807) is 0 Å². The van der Waals surface area contributed by atoms with Crippen LogP contribution in [0, 0.1) is 11.5 Å². The number of para-hydroxylation sites is 1. The summed E-state index contributed by atoms with van der Waals surface area (Å²) in [5.74, 6) is 4.27. The summed E-state index contributed by atoms with van der Waals surface area (Å²) in [5.41, 5.74) is 6.45. The van der Waals surface area contributed by atoms with Gasteiger partial charge in [0.25, 0.3) is 0 Å². The molecule has 0 bridgehead atoms. The monoisotopic (exact) mass is 290 g/mol. The molecule has 2 aromatic carbocycles. The van der Waals surface area contributed by atoms with Crippen LogP contribution in [-0.4, -0.2) is 8.07 Å². The molecule has 0 aliphatic rings. The van der Waals surface area contributed by atoms with Crippen LogP contribution in [0.1, 0.15) is 5.56 Å². The first-order valence-corrected chi connectivity index (χ1v) is 10.6. The molecule has 0 radical (unpaired) electrons. The Labute approximate surface area is 126 Å². The van der Waals surface area contributed by atoms with Gasteiger partial charge in [-0.05, 0) is 12.1 Å². The molecule has 0 saturated carbocycles. The molecule has 0 amide bonds. The van der Waals surface area contributed by atoms with Crippen LogP contribution < -0.4 is 0 Å². The molecule has 2 heteroatoms. The molecular weight excluding hydrogens is 272 g/mol. The van der Waals surface area contributed by atoms with Crippen LogP contribution in [0.3, 0.4) is 0 Å². The van der Waals surface area contributed by atoms with Crippen LogP contribution >= 0.6 is 0 Å². The van der Waals surface area contributed by atoms with Crippen molar-refractivity contribution in [1.29, 1.82) is 0 Å². The van der Waals surface area contributed by atoms with Crippen LogP contribution in [0.15, 0.2) is 59.0 Å². The molecule has 3 aromatic rings. The Kier molecular flexibility index (Phi) is 3.45. The van der Waals surface area contributed by atoms with Crippen molar-refractivity contribution >= 4 is 19.0 Å². The van der Waals surface area contributed by atoms with Crippen molar-refractivity contribution in [1.82, 2.24) is 0 Å². The second-order valence-corrected chi connectivity index (χ2v) is 10.9. The van der Waals surface area contributed by atoms with Gasteiger partial charge in [0.1, 0.15) is 13.7 Å². The lowest BCUT2D eigenvalue weighted by atomic mass is 10.1. The van der Waals surface area contributed by atoms with Gasteiger partial charge in [0.15, 0.2) is 5.76 Å². The average Bonchev–Trinajstić information content (AvgIpc) is 2.84. The highest BCUT2D eigenvalue weighted by atomic mass is 28.3. The predicted molar refractivity (Wildman–Crippen MR) is 91.9 cm³/mol. The molecular formula is C19H18OSi. The number of fused-ring (bicyclic) bond motifs is 1. The fourth-order valence-corrected chi connectivity index (χ4v) is 2.71. The number of benzene rings is 2. The first kappa shape index (κ1) is 13.7. The molecule has 1 nitrogen and oxygen atoms in total. The van der Waals surface area contributed by atoms with Gasteiger partial charge in [-0.1, -0.05) is 68.0 Å². The molecule has 104 valence electrons. The SMILES string of the molecule is C[Si](C)(C)C#Cc1c(-c2ccccc2)oc2ccccc12. The molecule has 0 fully saturated rings. The maximum atomic E-state index is 6.06. The lowest BCUT2D eigenvalue weighted by Crippen LogP contribution is -2.16. The quantitative estimate of drug-likeness (QED) is 0.436. The summed E-state index contributed by atoms with van der Waals surface area (Å²) in [5, 5.41) is 1.10. The van der Waals surface area contributed by atoms with Gasteiger partial charge < -0.3 is 4.42 Å². The number of rotatable bonds is 1. The molecule has 3 rings (SSSR count). The van der Waals surface area contributed by atoms with Gasteiger partial charge in [0, 0.05) is 10.9 Å². The molecule has 1 aromatic heterocycles. The highest BCUT2D eigenvalue weighted by Gasteiger charge is 2.15. The fraction of sp³-hybridized carbons (Fsp3) is 0.158. The Hall–Kier alpha value is -2.24. The summed E-state index contributed by atoms with van der Waals surface area (Å²) >= 11 is 0. The highest BCUT2D eigenvalue weighted by molar-refractivity contribution is 6.83. The summed E-state index contributed by atoms with van der Waals surface area (Å²) in [6.07, 6.45) is 0. The van der Waals surface area contributed by atoms with Crippen molar-refractivity contribution in [3.63, 3.8) is 0 Å². The Balaban J connectivity index is 2.26. The Morgan fingerprint density at radius 2 is 1.52 bits per heavy atom. The van der Waals surface area contributed by atoms with Crippen LogP contribution in [0.5, 0.6) is 0 Å². The van der Waals surface area contributed by atoms with Crippen molar-refractivity contribution in [3.05, 3.63) is 60.2 Å². The number of hydrogen-bond donors (Lipinski definition) is 0. The first-order chi connectivity index (χ1) is 10.0. The van der Waals surface area contributed by atoms with E-state index in [1.807, 2.05) is 36.4 Å². The summed E-state index contributed by atoms with van der Waals surface area (Å²) in [4.78, 5) is 0. The van der Waals surface area contributed by atoms with E-state index in [0.29, 0.717) is 0 Å². The second-order valence-electron chi connectivity index (χ2n) is 6.17. The van der Waals surface area contributed by atoms with Crippen LogP contribution in [0.25, 0.3) is 22.3 Å². The van der Waals surface area contributed by atoms with Crippen LogP contribution in [0.4, 0.5) is 0 Å². The normalized spacial score (nSPS) is 11.2. The standard InChI is InChI=1S/C19H18OSi/c1-21(2,3)14-13-17-16-11-7-8-12-18(16)20-19(17)15-9-5-4-6-10-15/h4-12H,1-3H3. The topological polar surface area (TPSA) is 13.1 Å². The van der Waals surface area contributed by atoms with Crippen LogP contribution in [0.2, 0.25) is 19.6 Å². The Morgan fingerprint density at radius 1 is 0.857 bits per heavy atom. The third kappa shape index (κ3) is 2.94. The predicted octanol–water partition coefficient (Wildman–Crippen LogP) is 5.33. The minimum Gasteiger partial charge on any atom is -0.455 e. The molecule has 1 heterocycles. The van der Waals surface area contributed by atoms with Gasteiger partial charge in [-0.2, -0.15) is 0 Å². The summed E-state index contributed by atoms with van der Waals surface area (Å²) in [7, 11) is -1.43. The average molecular weight is 290 g/mol. The van der Waals surface area contributed by atoms with E-state index >= 15 is 0 Å². The van der Waals surface area contributed by atoms with Gasteiger partial charge in [-0.15, -0.1) is 5.54 Å². The van der Waals surface area contributed by atoms with E-state index in [4.69, 9.17) is 4.42 Å². The first-order valence-electron chi connectivity index (χ1n) is 7.15. The van der Waals surface area contributed by atoms with Crippen molar-refractivity contribution in [2.75, 3.05) is 0 Å². The van der Waals surface area contributed by atoms with E-state index < -0.39 is 8.07 Å². The van der Waals surface area contributed by atoms with Crippen molar-refractivity contribution in [3.8, 4) is 22.8 Å². The van der Waals surface area contributed by atoms with Crippen LogP contribution in [-0.2, 0) is 0 Å². The maximum Gasteiger partial charge on any atom is 0.151 e. The zero-order valence-electron chi connectivity index (χ0n) is 12.6. The number of hydrogen-bond acceptors (Lipinski definition) is 1. The van der Waals surface area contributed by atoms with Gasteiger partial charge in [-0.3, -0.25) is 0 Å². The number of furan rings is 1. The largest absolute Gasteiger partial charge is 0.455 e. The Bertz CT molecular complexity index is 827. The van der Waals surface area contributed by atoms with E-state index in [2.05, 4.69) is 49.3 Å². The molecule has 0 aliphatic heterocycles. The maximum absolute atomic E-state index is 6.06. The molecule has 21 heavy (non-hydrogen) atoms. The molecule has 0 unspecified atom stereocenters. The van der Waals surface area contributed by atoms with E-state index in [0.717, 1.165) is 27.9 Å².